The maximum absolute atomic E-state index is 13.8. The molecule has 6 nitrogen and oxygen atoms in total. The lowest BCUT2D eigenvalue weighted by Crippen LogP contribution is -2.12. The van der Waals surface area contributed by atoms with E-state index in [-0.39, 0.29) is 23.7 Å². The van der Waals surface area contributed by atoms with Gasteiger partial charge in [-0.25, -0.2) is 4.39 Å². The SMILES string of the molecule is Cc1cccc(OCc2cccc([N+](=O)[O-])c2NN)c1F. The van der Waals surface area contributed by atoms with Gasteiger partial charge in [-0.2, -0.15) is 0 Å². The van der Waals surface area contributed by atoms with Gasteiger partial charge in [0, 0.05) is 11.6 Å². The number of anilines is 1. The van der Waals surface area contributed by atoms with Crippen LogP contribution in [0.1, 0.15) is 11.1 Å². The number of para-hydroxylation sites is 1. The number of nitrogens with one attached hydrogen (secondary N) is 1. The van der Waals surface area contributed by atoms with E-state index in [0.717, 1.165) is 0 Å². The van der Waals surface area contributed by atoms with Crippen LogP contribution >= 0.6 is 0 Å². The molecule has 0 aliphatic heterocycles. The van der Waals surface area contributed by atoms with Gasteiger partial charge in [-0.15, -0.1) is 0 Å². The van der Waals surface area contributed by atoms with Gasteiger partial charge in [-0.3, -0.25) is 16.0 Å². The Bertz CT molecular complexity index is 677. The molecule has 2 aromatic carbocycles. The predicted molar refractivity (Wildman–Crippen MR) is 76.4 cm³/mol. The van der Waals surface area contributed by atoms with Crippen molar-refractivity contribution in [3.63, 3.8) is 0 Å². The molecule has 7 heteroatoms. The van der Waals surface area contributed by atoms with Gasteiger partial charge in [-0.1, -0.05) is 24.3 Å². The van der Waals surface area contributed by atoms with Crippen LogP contribution in [0.4, 0.5) is 15.8 Å². The summed E-state index contributed by atoms with van der Waals surface area (Å²) in [5, 5.41) is 10.9. The number of nitro benzene ring substituents is 1. The molecule has 0 radical (unpaired) electrons. The van der Waals surface area contributed by atoms with E-state index < -0.39 is 10.7 Å². The molecule has 0 spiro atoms. The van der Waals surface area contributed by atoms with Gasteiger partial charge in [0.2, 0.25) is 0 Å². The number of benzene rings is 2. The van der Waals surface area contributed by atoms with Crippen molar-refractivity contribution in [2.45, 2.75) is 13.5 Å². The highest BCUT2D eigenvalue weighted by Crippen LogP contribution is 2.29. The second kappa shape index (κ2) is 6.19. The molecule has 0 bridgehead atoms. The molecule has 0 heterocycles. The second-order valence-corrected chi connectivity index (χ2v) is 4.39. The van der Waals surface area contributed by atoms with Crippen LogP contribution in [-0.2, 0) is 6.61 Å². The standard InChI is InChI=1S/C14H14FN3O3/c1-9-4-2-7-12(13(9)15)21-8-10-5-3-6-11(18(19)20)14(10)17-16/h2-7,17H,8,16H2,1H3. The third kappa shape index (κ3) is 3.09. The third-order valence-corrected chi connectivity index (χ3v) is 3.01. The van der Waals surface area contributed by atoms with Crippen LogP contribution < -0.4 is 16.0 Å². The molecular formula is C14H14FN3O3. The topological polar surface area (TPSA) is 90.4 Å². The molecule has 2 aromatic rings. The third-order valence-electron chi connectivity index (χ3n) is 3.01. The number of hydrazine groups is 1. The average molecular weight is 291 g/mol. The van der Waals surface area contributed by atoms with Crippen LogP contribution in [0.25, 0.3) is 0 Å². The minimum atomic E-state index is -0.550. The summed E-state index contributed by atoms with van der Waals surface area (Å²) in [5.74, 6) is 4.96. The van der Waals surface area contributed by atoms with Crippen molar-refractivity contribution in [3.05, 3.63) is 63.5 Å². The number of hydrogen-bond donors (Lipinski definition) is 2. The molecule has 0 saturated carbocycles. The van der Waals surface area contributed by atoms with Crippen molar-refractivity contribution < 1.29 is 14.1 Å². The number of rotatable bonds is 5. The van der Waals surface area contributed by atoms with Crippen molar-refractivity contribution in [1.82, 2.24) is 0 Å². The van der Waals surface area contributed by atoms with E-state index in [0.29, 0.717) is 11.1 Å². The Morgan fingerprint density at radius 2 is 2.05 bits per heavy atom. The van der Waals surface area contributed by atoms with Gasteiger partial charge in [0.15, 0.2) is 11.6 Å². The first-order valence-corrected chi connectivity index (χ1v) is 6.15. The number of ether oxygens (including phenoxy) is 1. The number of nitrogen functional groups attached to an aromatic ring is 1. The average Bonchev–Trinajstić information content (AvgIpc) is 2.48. The second-order valence-electron chi connectivity index (χ2n) is 4.39. The Labute approximate surface area is 120 Å². The van der Waals surface area contributed by atoms with Crippen molar-refractivity contribution in [2.75, 3.05) is 5.43 Å². The van der Waals surface area contributed by atoms with Gasteiger partial charge in [0.05, 0.1) is 4.92 Å². The van der Waals surface area contributed by atoms with E-state index in [9.17, 15) is 14.5 Å². The lowest BCUT2D eigenvalue weighted by Gasteiger charge is -2.12. The monoisotopic (exact) mass is 291 g/mol. The number of hydrogen-bond acceptors (Lipinski definition) is 5. The Balaban J connectivity index is 2.26. The van der Waals surface area contributed by atoms with E-state index in [4.69, 9.17) is 10.6 Å². The first kappa shape index (κ1) is 14.7. The van der Waals surface area contributed by atoms with Crippen LogP contribution in [0.15, 0.2) is 36.4 Å². The van der Waals surface area contributed by atoms with Crippen molar-refractivity contribution in [1.29, 1.82) is 0 Å². The van der Waals surface area contributed by atoms with E-state index in [1.54, 1.807) is 25.1 Å². The zero-order valence-corrected chi connectivity index (χ0v) is 11.3. The first-order valence-electron chi connectivity index (χ1n) is 6.15. The summed E-state index contributed by atoms with van der Waals surface area (Å²) in [4.78, 5) is 10.4. The number of aryl methyl sites for hydroxylation is 1. The maximum Gasteiger partial charge on any atom is 0.294 e. The van der Waals surface area contributed by atoms with Crippen LogP contribution in [-0.4, -0.2) is 4.92 Å². The van der Waals surface area contributed by atoms with Crippen LogP contribution in [0.5, 0.6) is 5.75 Å². The van der Waals surface area contributed by atoms with Crippen LogP contribution in [0.3, 0.4) is 0 Å². The summed E-state index contributed by atoms with van der Waals surface area (Å²) in [6, 6.07) is 9.26. The lowest BCUT2D eigenvalue weighted by atomic mass is 10.1. The van der Waals surface area contributed by atoms with Crippen molar-refractivity contribution in [3.8, 4) is 5.75 Å². The minimum absolute atomic E-state index is 0.0401. The summed E-state index contributed by atoms with van der Waals surface area (Å²) < 4.78 is 19.2. The van der Waals surface area contributed by atoms with E-state index in [2.05, 4.69) is 5.43 Å². The molecule has 0 aliphatic rings. The highest BCUT2D eigenvalue weighted by Gasteiger charge is 2.17. The molecule has 0 atom stereocenters. The molecule has 21 heavy (non-hydrogen) atoms. The fourth-order valence-electron chi connectivity index (χ4n) is 1.91. The van der Waals surface area contributed by atoms with Gasteiger partial charge in [-0.05, 0) is 18.6 Å². The molecule has 3 N–H and O–H groups in total. The summed E-state index contributed by atoms with van der Waals surface area (Å²) in [6.45, 7) is 1.59. The number of nitrogens with two attached hydrogens (primary N) is 1. The summed E-state index contributed by atoms with van der Waals surface area (Å²) in [5.41, 5.74) is 3.20. The minimum Gasteiger partial charge on any atom is -0.486 e. The maximum atomic E-state index is 13.8. The Morgan fingerprint density at radius 1 is 1.33 bits per heavy atom. The largest absolute Gasteiger partial charge is 0.486 e. The number of halogens is 1. The van der Waals surface area contributed by atoms with Gasteiger partial charge < -0.3 is 10.2 Å². The molecule has 2 rings (SSSR count). The smallest absolute Gasteiger partial charge is 0.294 e. The van der Waals surface area contributed by atoms with Crippen molar-refractivity contribution in [2.24, 2.45) is 5.84 Å². The Hall–Kier alpha value is -2.67. The summed E-state index contributed by atoms with van der Waals surface area (Å²) >= 11 is 0. The summed E-state index contributed by atoms with van der Waals surface area (Å²) in [7, 11) is 0. The zero-order chi connectivity index (χ0) is 15.4. The molecule has 0 saturated heterocycles. The molecule has 0 amide bonds. The number of nitrogens with zero attached hydrogens (tertiary/aromatic N) is 1. The van der Waals surface area contributed by atoms with Crippen molar-refractivity contribution >= 4 is 11.4 Å². The highest BCUT2D eigenvalue weighted by molar-refractivity contribution is 5.65. The summed E-state index contributed by atoms with van der Waals surface area (Å²) in [6.07, 6.45) is 0. The van der Waals surface area contributed by atoms with Gasteiger partial charge in [0.1, 0.15) is 12.3 Å². The normalized spacial score (nSPS) is 10.2. The van der Waals surface area contributed by atoms with E-state index in [1.807, 2.05) is 0 Å². The lowest BCUT2D eigenvalue weighted by molar-refractivity contribution is -0.384. The quantitative estimate of drug-likeness (QED) is 0.502. The Kier molecular flexibility index (Phi) is 4.34. The molecule has 0 aromatic heterocycles. The van der Waals surface area contributed by atoms with Gasteiger partial charge in [0.25, 0.3) is 5.69 Å². The highest BCUT2D eigenvalue weighted by atomic mass is 19.1. The molecule has 0 aliphatic carbocycles. The Morgan fingerprint density at radius 3 is 2.71 bits per heavy atom. The predicted octanol–water partition coefficient (Wildman–Crippen LogP) is 2.91. The molecule has 0 fully saturated rings. The molecular weight excluding hydrogens is 277 g/mol. The van der Waals surface area contributed by atoms with Crippen LogP contribution in [0.2, 0.25) is 0 Å². The molecule has 0 unspecified atom stereocenters. The van der Waals surface area contributed by atoms with Gasteiger partial charge >= 0.3 is 0 Å². The fraction of sp³-hybridized carbons (Fsp3) is 0.143. The first-order chi connectivity index (χ1) is 10.0. The van der Waals surface area contributed by atoms with Crippen LogP contribution in [0, 0.1) is 22.9 Å². The molecule has 110 valence electrons. The number of nitro groups is 1. The zero-order valence-electron chi connectivity index (χ0n) is 11.3. The fourth-order valence-corrected chi connectivity index (χ4v) is 1.91. The van der Waals surface area contributed by atoms with E-state index in [1.165, 1.54) is 18.2 Å². The van der Waals surface area contributed by atoms with E-state index >= 15 is 0 Å².